The van der Waals surface area contributed by atoms with Gasteiger partial charge in [-0.15, -0.1) is 0 Å². The van der Waals surface area contributed by atoms with E-state index in [1.54, 1.807) is 24.4 Å². The molecule has 150 valence electrons. The first-order valence-corrected chi connectivity index (χ1v) is 9.06. The van der Waals surface area contributed by atoms with Crippen LogP contribution in [0.3, 0.4) is 0 Å². The van der Waals surface area contributed by atoms with E-state index in [2.05, 4.69) is 27.1 Å². The molecule has 1 aromatic carbocycles. The Morgan fingerprint density at radius 3 is 2.21 bits per heavy atom. The number of hydrogen-bond donors (Lipinski definition) is 1. The van der Waals surface area contributed by atoms with Crippen LogP contribution < -0.4 is 24.4 Å². The SMILES string of the molecule is COc1cc(NC(=O)c2ccnc(N3CCN(C)CC3)c2)cc(OC)c1OC. The average molecular weight is 386 g/mol. The highest BCUT2D eigenvalue weighted by Crippen LogP contribution is 2.40. The molecule has 1 amide bonds. The van der Waals surface area contributed by atoms with Crippen LogP contribution in [0, 0.1) is 0 Å². The largest absolute Gasteiger partial charge is 0.493 e. The second-order valence-electron chi connectivity index (χ2n) is 6.56. The Labute approximate surface area is 165 Å². The Kier molecular flexibility index (Phi) is 6.20. The third-order valence-electron chi connectivity index (χ3n) is 4.76. The van der Waals surface area contributed by atoms with Gasteiger partial charge in [0.25, 0.3) is 5.91 Å². The Bertz CT molecular complexity index is 810. The Morgan fingerprint density at radius 2 is 1.64 bits per heavy atom. The fraction of sp³-hybridized carbons (Fsp3) is 0.400. The Hall–Kier alpha value is -3.00. The summed E-state index contributed by atoms with van der Waals surface area (Å²) >= 11 is 0. The molecular weight excluding hydrogens is 360 g/mol. The fourth-order valence-electron chi connectivity index (χ4n) is 3.12. The lowest BCUT2D eigenvalue weighted by Gasteiger charge is -2.33. The first-order valence-electron chi connectivity index (χ1n) is 9.06. The molecule has 3 rings (SSSR count). The summed E-state index contributed by atoms with van der Waals surface area (Å²) in [7, 11) is 6.71. The van der Waals surface area contributed by atoms with Gasteiger partial charge in [0.1, 0.15) is 5.82 Å². The van der Waals surface area contributed by atoms with Crippen LogP contribution >= 0.6 is 0 Å². The number of amides is 1. The van der Waals surface area contributed by atoms with Gasteiger partial charge in [0.05, 0.1) is 21.3 Å². The predicted octanol–water partition coefficient (Wildman–Crippen LogP) is 2.11. The van der Waals surface area contributed by atoms with Gasteiger partial charge in [-0.25, -0.2) is 4.98 Å². The zero-order valence-electron chi connectivity index (χ0n) is 16.7. The van der Waals surface area contributed by atoms with E-state index in [0.717, 1.165) is 32.0 Å². The lowest BCUT2D eigenvalue weighted by Crippen LogP contribution is -2.44. The van der Waals surface area contributed by atoms with Crippen molar-refractivity contribution in [3.05, 3.63) is 36.0 Å². The lowest BCUT2D eigenvalue weighted by molar-refractivity contribution is 0.102. The number of methoxy groups -OCH3 is 3. The summed E-state index contributed by atoms with van der Waals surface area (Å²) < 4.78 is 16.0. The summed E-state index contributed by atoms with van der Waals surface area (Å²) in [6.45, 7) is 3.73. The topological polar surface area (TPSA) is 76.2 Å². The van der Waals surface area contributed by atoms with Crippen LogP contribution in [0.4, 0.5) is 11.5 Å². The monoisotopic (exact) mass is 386 g/mol. The number of hydrogen-bond acceptors (Lipinski definition) is 7. The smallest absolute Gasteiger partial charge is 0.255 e. The summed E-state index contributed by atoms with van der Waals surface area (Å²) in [6, 6.07) is 6.91. The molecule has 1 saturated heterocycles. The van der Waals surface area contributed by atoms with Gasteiger partial charge in [0.15, 0.2) is 11.5 Å². The molecule has 1 fully saturated rings. The molecule has 28 heavy (non-hydrogen) atoms. The van der Waals surface area contributed by atoms with Crippen LogP contribution in [-0.2, 0) is 0 Å². The minimum Gasteiger partial charge on any atom is -0.493 e. The second-order valence-corrected chi connectivity index (χ2v) is 6.56. The molecule has 0 radical (unpaired) electrons. The van der Waals surface area contributed by atoms with Crippen molar-refractivity contribution >= 4 is 17.4 Å². The molecule has 1 aliphatic rings. The van der Waals surface area contributed by atoms with E-state index < -0.39 is 0 Å². The molecule has 8 nitrogen and oxygen atoms in total. The molecular formula is C20H26N4O4. The van der Waals surface area contributed by atoms with Crippen LogP contribution in [0.2, 0.25) is 0 Å². The number of likely N-dealkylation sites (N-methyl/N-ethyl adjacent to an activating group) is 1. The first-order chi connectivity index (χ1) is 13.5. The predicted molar refractivity (Wildman–Crippen MR) is 108 cm³/mol. The highest BCUT2D eigenvalue weighted by Gasteiger charge is 2.18. The van der Waals surface area contributed by atoms with Gasteiger partial charge in [0, 0.05) is 55.8 Å². The van der Waals surface area contributed by atoms with E-state index in [9.17, 15) is 4.79 Å². The van der Waals surface area contributed by atoms with Gasteiger partial charge in [-0.2, -0.15) is 0 Å². The van der Waals surface area contributed by atoms with E-state index in [4.69, 9.17) is 14.2 Å². The Balaban J connectivity index is 1.79. The van der Waals surface area contributed by atoms with E-state index >= 15 is 0 Å². The van der Waals surface area contributed by atoms with Crippen molar-refractivity contribution < 1.29 is 19.0 Å². The molecule has 0 atom stereocenters. The van der Waals surface area contributed by atoms with Gasteiger partial charge < -0.3 is 29.3 Å². The summed E-state index contributed by atoms with van der Waals surface area (Å²) in [5.41, 5.74) is 1.09. The number of nitrogens with one attached hydrogen (secondary N) is 1. The van der Waals surface area contributed by atoms with Crippen molar-refractivity contribution in [1.29, 1.82) is 0 Å². The number of benzene rings is 1. The Morgan fingerprint density at radius 1 is 1.00 bits per heavy atom. The van der Waals surface area contributed by atoms with Crippen molar-refractivity contribution in [2.75, 3.05) is 64.8 Å². The molecule has 8 heteroatoms. The maximum absolute atomic E-state index is 12.8. The van der Waals surface area contributed by atoms with Crippen LogP contribution in [0.1, 0.15) is 10.4 Å². The number of nitrogens with zero attached hydrogens (tertiary/aromatic N) is 3. The van der Waals surface area contributed by atoms with Crippen molar-refractivity contribution in [1.82, 2.24) is 9.88 Å². The standard InChI is InChI=1S/C20H26N4O4/c1-23-7-9-24(10-8-23)18-11-14(5-6-21-18)20(25)22-15-12-16(26-2)19(28-4)17(13-15)27-3/h5-6,11-13H,7-10H2,1-4H3,(H,22,25). The number of carbonyl (C=O) groups excluding carboxylic acids is 1. The van der Waals surface area contributed by atoms with Crippen molar-refractivity contribution in [2.24, 2.45) is 0 Å². The number of piperazine rings is 1. The highest BCUT2D eigenvalue weighted by molar-refractivity contribution is 6.05. The van der Waals surface area contributed by atoms with Crippen molar-refractivity contribution in [3.63, 3.8) is 0 Å². The molecule has 0 unspecified atom stereocenters. The van der Waals surface area contributed by atoms with E-state index in [1.165, 1.54) is 21.3 Å². The van der Waals surface area contributed by atoms with Gasteiger partial charge in [0.2, 0.25) is 5.75 Å². The minimum absolute atomic E-state index is 0.230. The molecule has 1 aromatic heterocycles. The number of carbonyl (C=O) groups is 1. The maximum Gasteiger partial charge on any atom is 0.255 e. The first kappa shape index (κ1) is 19.8. The fourth-order valence-corrected chi connectivity index (χ4v) is 3.12. The number of rotatable bonds is 6. The van der Waals surface area contributed by atoms with Gasteiger partial charge in [-0.1, -0.05) is 0 Å². The molecule has 1 aliphatic heterocycles. The summed E-state index contributed by atoms with van der Waals surface area (Å²) in [5.74, 6) is 2.01. The zero-order valence-corrected chi connectivity index (χ0v) is 16.7. The van der Waals surface area contributed by atoms with Crippen LogP contribution in [0.25, 0.3) is 0 Å². The van der Waals surface area contributed by atoms with Crippen molar-refractivity contribution in [3.8, 4) is 17.2 Å². The highest BCUT2D eigenvalue weighted by atomic mass is 16.5. The van der Waals surface area contributed by atoms with Gasteiger partial charge in [-0.05, 0) is 19.2 Å². The molecule has 0 bridgehead atoms. The van der Waals surface area contributed by atoms with E-state index in [1.807, 2.05) is 6.07 Å². The summed E-state index contributed by atoms with van der Waals surface area (Å²) in [4.78, 5) is 21.7. The molecule has 2 aromatic rings. The molecule has 0 aliphatic carbocycles. The average Bonchev–Trinajstić information content (AvgIpc) is 2.73. The van der Waals surface area contributed by atoms with Crippen LogP contribution in [0.5, 0.6) is 17.2 Å². The van der Waals surface area contributed by atoms with Gasteiger partial charge in [-0.3, -0.25) is 4.79 Å². The quantitative estimate of drug-likeness (QED) is 0.815. The third-order valence-corrected chi connectivity index (χ3v) is 4.76. The molecule has 0 spiro atoms. The second kappa shape index (κ2) is 8.79. The number of aromatic nitrogens is 1. The molecule has 2 heterocycles. The van der Waals surface area contributed by atoms with Gasteiger partial charge >= 0.3 is 0 Å². The molecule has 0 saturated carbocycles. The van der Waals surface area contributed by atoms with Crippen LogP contribution in [-0.4, -0.2) is 70.3 Å². The zero-order chi connectivity index (χ0) is 20.1. The number of pyridine rings is 1. The van der Waals surface area contributed by atoms with Crippen LogP contribution in [0.15, 0.2) is 30.5 Å². The summed E-state index contributed by atoms with van der Waals surface area (Å²) in [5, 5.41) is 2.89. The number of anilines is 2. The third kappa shape index (κ3) is 4.28. The molecule has 1 N–H and O–H groups in total. The normalized spacial score (nSPS) is 14.5. The van der Waals surface area contributed by atoms with E-state index in [-0.39, 0.29) is 5.91 Å². The minimum atomic E-state index is -0.230. The maximum atomic E-state index is 12.8. The number of ether oxygens (including phenoxy) is 3. The van der Waals surface area contributed by atoms with E-state index in [0.29, 0.717) is 28.5 Å². The lowest BCUT2D eigenvalue weighted by atomic mass is 10.2. The van der Waals surface area contributed by atoms with Crippen molar-refractivity contribution in [2.45, 2.75) is 0 Å². The summed E-state index contributed by atoms with van der Waals surface area (Å²) in [6.07, 6.45) is 1.66.